The molecule has 2 N–H and O–H groups in total. The van der Waals surface area contributed by atoms with Crippen molar-refractivity contribution < 1.29 is 22.7 Å². The average molecular weight is 289 g/mol. The summed E-state index contributed by atoms with van der Waals surface area (Å²) in [5, 5.41) is 8.41. The maximum absolute atomic E-state index is 12.9. The van der Waals surface area contributed by atoms with Gasteiger partial charge in [0.05, 0.1) is 12.2 Å². The lowest BCUT2D eigenvalue weighted by atomic mass is 10.1. The summed E-state index contributed by atoms with van der Waals surface area (Å²) in [7, 11) is -3.57. The van der Waals surface area contributed by atoms with Gasteiger partial charge in [-0.05, 0) is 36.6 Å². The van der Waals surface area contributed by atoms with Crippen LogP contribution in [0.2, 0.25) is 0 Å². The highest BCUT2D eigenvalue weighted by Gasteiger charge is 2.12. The summed E-state index contributed by atoms with van der Waals surface area (Å²) in [6.07, 6.45) is 0.00330. The number of hydrogen-bond donors (Lipinski definition) is 2. The molecule has 1 rings (SSSR count). The van der Waals surface area contributed by atoms with Gasteiger partial charge in [-0.1, -0.05) is 6.07 Å². The number of rotatable bonds is 7. The van der Waals surface area contributed by atoms with Gasteiger partial charge in [-0.3, -0.25) is 4.79 Å². The first-order valence-electron chi connectivity index (χ1n) is 5.74. The van der Waals surface area contributed by atoms with Crippen LogP contribution < -0.4 is 4.72 Å². The summed E-state index contributed by atoms with van der Waals surface area (Å²) in [5.74, 6) is -1.92. The summed E-state index contributed by atoms with van der Waals surface area (Å²) in [6.45, 7) is 1.91. The second-order valence-electron chi connectivity index (χ2n) is 4.18. The van der Waals surface area contributed by atoms with Crippen LogP contribution in [0, 0.1) is 12.7 Å². The van der Waals surface area contributed by atoms with Crippen molar-refractivity contribution in [2.24, 2.45) is 0 Å². The van der Waals surface area contributed by atoms with Crippen LogP contribution in [-0.2, 0) is 21.2 Å². The Morgan fingerprint density at radius 1 is 1.42 bits per heavy atom. The zero-order valence-electron chi connectivity index (χ0n) is 10.5. The number of aryl methyl sites for hydroxylation is 1. The molecule has 0 bridgehead atoms. The molecule has 0 aliphatic heterocycles. The van der Waals surface area contributed by atoms with Gasteiger partial charge in [0.2, 0.25) is 10.0 Å². The van der Waals surface area contributed by atoms with Crippen molar-refractivity contribution in [3.63, 3.8) is 0 Å². The minimum Gasteiger partial charge on any atom is -0.481 e. The predicted molar refractivity (Wildman–Crippen MR) is 68.9 cm³/mol. The molecule has 7 heteroatoms. The van der Waals surface area contributed by atoms with Crippen LogP contribution in [0.3, 0.4) is 0 Å². The van der Waals surface area contributed by atoms with Crippen LogP contribution in [-0.4, -0.2) is 31.8 Å². The number of carbonyl (C=O) groups is 1. The molecule has 0 saturated heterocycles. The lowest BCUT2D eigenvalue weighted by Crippen LogP contribution is -2.29. The predicted octanol–water partition coefficient (Wildman–Crippen LogP) is 1.07. The molecular weight excluding hydrogens is 273 g/mol. The van der Waals surface area contributed by atoms with E-state index in [0.717, 1.165) is 11.1 Å². The van der Waals surface area contributed by atoms with Crippen molar-refractivity contribution in [3.05, 3.63) is 35.1 Å². The topological polar surface area (TPSA) is 83.5 Å². The standard InChI is InChI=1S/C12H16FNO4S/c1-9-8-11(13)3-2-10(9)4-6-14-19(17,18)7-5-12(15)16/h2-3,8,14H,4-7H2,1H3,(H,15,16). The Balaban J connectivity index is 2.47. The van der Waals surface area contributed by atoms with Crippen molar-refractivity contribution in [2.45, 2.75) is 19.8 Å². The number of carboxylic acid groups (broad SMARTS) is 1. The normalized spacial score (nSPS) is 11.5. The number of nitrogens with one attached hydrogen (secondary N) is 1. The number of hydrogen-bond acceptors (Lipinski definition) is 3. The van der Waals surface area contributed by atoms with Gasteiger partial charge in [-0.25, -0.2) is 17.5 Å². The third-order valence-electron chi connectivity index (χ3n) is 2.61. The zero-order valence-corrected chi connectivity index (χ0v) is 11.3. The van der Waals surface area contributed by atoms with Gasteiger partial charge in [0.1, 0.15) is 5.82 Å². The van der Waals surface area contributed by atoms with Crippen LogP contribution in [0.5, 0.6) is 0 Å². The van der Waals surface area contributed by atoms with Crippen molar-refractivity contribution >= 4 is 16.0 Å². The van der Waals surface area contributed by atoms with Gasteiger partial charge < -0.3 is 5.11 Å². The van der Waals surface area contributed by atoms with Crippen LogP contribution in [0.15, 0.2) is 18.2 Å². The van der Waals surface area contributed by atoms with E-state index in [1.807, 2.05) is 0 Å². The molecule has 5 nitrogen and oxygen atoms in total. The molecule has 1 aromatic carbocycles. The van der Waals surface area contributed by atoms with E-state index in [1.165, 1.54) is 12.1 Å². The first-order valence-corrected chi connectivity index (χ1v) is 7.39. The largest absolute Gasteiger partial charge is 0.481 e. The van der Waals surface area contributed by atoms with Gasteiger partial charge in [-0.2, -0.15) is 0 Å². The summed E-state index contributed by atoms with van der Waals surface area (Å²) < 4.78 is 38.0. The highest BCUT2D eigenvalue weighted by Crippen LogP contribution is 2.10. The summed E-state index contributed by atoms with van der Waals surface area (Å²) >= 11 is 0. The Labute approximate surface area is 111 Å². The zero-order chi connectivity index (χ0) is 14.5. The number of carboxylic acids is 1. The first kappa shape index (κ1) is 15.6. The second-order valence-corrected chi connectivity index (χ2v) is 6.10. The minimum absolute atomic E-state index is 0.161. The quantitative estimate of drug-likeness (QED) is 0.786. The average Bonchev–Trinajstić information content (AvgIpc) is 2.29. The molecule has 106 valence electrons. The number of halogens is 1. The number of aliphatic carboxylic acids is 1. The second kappa shape index (κ2) is 6.63. The van der Waals surface area contributed by atoms with E-state index in [4.69, 9.17) is 5.11 Å². The van der Waals surface area contributed by atoms with Gasteiger partial charge in [0, 0.05) is 6.54 Å². The summed E-state index contributed by atoms with van der Waals surface area (Å²) in [5.41, 5.74) is 1.60. The molecule has 0 aliphatic rings. The molecule has 0 spiro atoms. The van der Waals surface area contributed by atoms with Crippen molar-refractivity contribution in [1.29, 1.82) is 0 Å². The number of benzene rings is 1. The van der Waals surface area contributed by atoms with E-state index in [2.05, 4.69) is 4.72 Å². The van der Waals surface area contributed by atoms with Crippen molar-refractivity contribution in [2.75, 3.05) is 12.3 Å². The highest BCUT2D eigenvalue weighted by molar-refractivity contribution is 7.89. The molecule has 0 unspecified atom stereocenters. The molecule has 0 aliphatic carbocycles. The smallest absolute Gasteiger partial charge is 0.304 e. The third kappa shape index (κ3) is 5.80. The van der Waals surface area contributed by atoms with Gasteiger partial charge >= 0.3 is 5.97 Å². The van der Waals surface area contributed by atoms with E-state index >= 15 is 0 Å². The first-order chi connectivity index (χ1) is 8.80. The van der Waals surface area contributed by atoms with Crippen LogP contribution in [0.25, 0.3) is 0 Å². The molecule has 0 heterocycles. The summed E-state index contributed by atoms with van der Waals surface area (Å²) in [4.78, 5) is 10.3. The van der Waals surface area contributed by atoms with Crippen molar-refractivity contribution in [3.8, 4) is 0 Å². The van der Waals surface area contributed by atoms with Crippen LogP contribution in [0.4, 0.5) is 4.39 Å². The van der Waals surface area contributed by atoms with Gasteiger partial charge in [0.25, 0.3) is 0 Å². The highest BCUT2D eigenvalue weighted by atomic mass is 32.2. The number of sulfonamides is 1. The van der Waals surface area contributed by atoms with Crippen LogP contribution >= 0.6 is 0 Å². The van der Waals surface area contributed by atoms with E-state index in [0.29, 0.717) is 6.42 Å². The Bertz CT molecular complexity index is 557. The fraction of sp³-hybridized carbons (Fsp3) is 0.417. The molecule has 1 aromatic rings. The fourth-order valence-electron chi connectivity index (χ4n) is 1.57. The van der Waals surface area contributed by atoms with E-state index in [9.17, 15) is 17.6 Å². The van der Waals surface area contributed by atoms with Gasteiger partial charge in [0.15, 0.2) is 0 Å². The molecule has 0 radical (unpaired) electrons. The van der Waals surface area contributed by atoms with E-state index in [-0.39, 0.29) is 12.4 Å². The fourth-order valence-corrected chi connectivity index (χ4v) is 2.58. The monoisotopic (exact) mass is 289 g/mol. The Hall–Kier alpha value is -1.47. The molecule has 0 fully saturated rings. The Kier molecular flexibility index (Phi) is 5.44. The van der Waals surface area contributed by atoms with Crippen molar-refractivity contribution in [1.82, 2.24) is 4.72 Å². The van der Waals surface area contributed by atoms with Gasteiger partial charge in [-0.15, -0.1) is 0 Å². The Morgan fingerprint density at radius 2 is 2.11 bits per heavy atom. The molecule has 0 atom stereocenters. The van der Waals surface area contributed by atoms with E-state index < -0.39 is 28.2 Å². The summed E-state index contributed by atoms with van der Waals surface area (Å²) in [6, 6.07) is 4.31. The Morgan fingerprint density at radius 3 is 2.68 bits per heavy atom. The maximum atomic E-state index is 12.9. The molecule has 0 amide bonds. The van der Waals surface area contributed by atoms with Crippen LogP contribution in [0.1, 0.15) is 17.5 Å². The minimum atomic E-state index is -3.57. The lowest BCUT2D eigenvalue weighted by Gasteiger charge is -2.08. The maximum Gasteiger partial charge on any atom is 0.304 e. The van der Waals surface area contributed by atoms with E-state index in [1.54, 1.807) is 13.0 Å². The molecule has 0 saturated carbocycles. The third-order valence-corrected chi connectivity index (χ3v) is 3.99. The lowest BCUT2D eigenvalue weighted by molar-refractivity contribution is -0.136. The molecule has 0 aromatic heterocycles. The molecular formula is C12H16FNO4S. The molecule has 19 heavy (non-hydrogen) atoms. The SMILES string of the molecule is Cc1cc(F)ccc1CCNS(=O)(=O)CCC(=O)O.